The Kier molecular flexibility index (Phi) is 3.22. The Morgan fingerprint density at radius 3 is 2.53 bits per heavy atom. The van der Waals surface area contributed by atoms with E-state index in [4.69, 9.17) is 0 Å². The summed E-state index contributed by atoms with van der Waals surface area (Å²) in [6.45, 7) is 1.94. The Labute approximate surface area is 105 Å². The van der Waals surface area contributed by atoms with Crippen LogP contribution in [0.2, 0.25) is 0 Å². The van der Waals surface area contributed by atoms with Gasteiger partial charge in [0.25, 0.3) is 10.0 Å². The Balaban J connectivity index is 2.42. The van der Waals surface area contributed by atoms with Gasteiger partial charge in [-0.1, -0.05) is 18.2 Å². The molecule has 0 saturated heterocycles. The number of anilines is 1. The third-order valence-corrected chi connectivity index (χ3v) is 5.63. The van der Waals surface area contributed by atoms with Crippen molar-refractivity contribution in [2.24, 2.45) is 0 Å². The summed E-state index contributed by atoms with van der Waals surface area (Å²) in [7, 11) is -1.84. The highest BCUT2D eigenvalue weighted by atomic mass is 32.2. The predicted octanol–water partition coefficient (Wildman–Crippen LogP) is 2.88. The molecule has 0 spiro atoms. The van der Waals surface area contributed by atoms with Crippen LogP contribution in [0, 0.1) is 6.92 Å². The van der Waals surface area contributed by atoms with Crippen LogP contribution in [0.15, 0.2) is 46.0 Å². The zero-order chi connectivity index (χ0) is 12.5. The third-order valence-electron chi connectivity index (χ3n) is 2.48. The van der Waals surface area contributed by atoms with Crippen molar-refractivity contribution in [1.82, 2.24) is 0 Å². The fourth-order valence-corrected chi connectivity index (χ4v) is 3.86. The second-order valence-electron chi connectivity index (χ2n) is 3.74. The highest BCUT2D eigenvalue weighted by molar-refractivity contribution is 7.94. The van der Waals surface area contributed by atoms with Gasteiger partial charge in [0.05, 0.1) is 5.69 Å². The lowest BCUT2D eigenvalue weighted by Gasteiger charge is -2.18. The molecule has 0 unspecified atom stereocenters. The first kappa shape index (κ1) is 12.1. The molecule has 0 fully saturated rings. The van der Waals surface area contributed by atoms with E-state index >= 15 is 0 Å². The number of aryl methyl sites for hydroxylation is 1. The van der Waals surface area contributed by atoms with E-state index in [1.807, 2.05) is 25.1 Å². The van der Waals surface area contributed by atoms with E-state index in [9.17, 15) is 8.42 Å². The van der Waals surface area contributed by atoms with E-state index in [1.54, 1.807) is 30.6 Å². The summed E-state index contributed by atoms with van der Waals surface area (Å²) in [6.07, 6.45) is 0. The molecule has 2 rings (SSSR count). The van der Waals surface area contributed by atoms with Gasteiger partial charge in [-0.05, 0) is 36.1 Å². The largest absolute Gasteiger partial charge is 0.273 e. The Morgan fingerprint density at radius 1 is 1.18 bits per heavy atom. The SMILES string of the molecule is Cc1cccc(N(C)S(=O)(=O)c2cccs2)c1. The van der Waals surface area contributed by atoms with Crippen molar-refractivity contribution in [1.29, 1.82) is 0 Å². The zero-order valence-corrected chi connectivity index (χ0v) is 11.3. The summed E-state index contributed by atoms with van der Waals surface area (Å²) in [5, 5.41) is 1.76. The number of hydrogen-bond acceptors (Lipinski definition) is 3. The molecule has 3 nitrogen and oxygen atoms in total. The molecule has 0 amide bonds. The van der Waals surface area contributed by atoms with Gasteiger partial charge in [-0.2, -0.15) is 0 Å². The van der Waals surface area contributed by atoms with Crippen molar-refractivity contribution < 1.29 is 8.42 Å². The Hall–Kier alpha value is -1.33. The van der Waals surface area contributed by atoms with Gasteiger partial charge in [-0.15, -0.1) is 11.3 Å². The van der Waals surface area contributed by atoms with Crippen LogP contribution in [-0.2, 0) is 10.0 Å². The molecule has 0 saturated carbocycles. The minimum absolute atomic E-state index is 0.363. The molecule has 0 aliphatic carbocycles. The van der Waals surface area contributed by atoms with Gasteiger partial charge in [-0.3, -0.25) is 4.31 Å². The third kappa shape index (κ3) is 2.35. The monoisotopic (exact) mass is 267 g/mol. The summed E-state index contributed by atoms with van der Waals surface area (Å²) >= 11 is 1.23. The van der Waals surface area contributed by atoms with Crippen LogP contribution in [-0.4, -0.2) is 15.5 Å². The highest BCUT2D eigenvalue weighted by Crippen LogP contribution is 2.25. The number of nitrogens with zero attached hydrogens (tertiary/aromatic N) is 1. The first-order valence-electron chi connectivity index (χ1n) is 5.11. The van der Waals surface area contributed by atoms with Crippen LogP contribution < -0.4 is 4.31 Å². The van der Waals surface area contributed by atoms with Crippen LogP contribution >= 0.6 is 11.3 Å². The molecule has 0 aliphatic rings. The first-order valence-corrected chi connectivity index (χ1v) is 7.43. The summed E-state index contributed by atoms with van der Waals surface area (Å²) in [6, 6.07) is 10.8. The van der Waals surface area contributed by atoms with Crippen LogP contribution in [0.4, 0.5) is 5.69 Å². The molecule has 0 atom stereocenters. The van der Waals surface area contributed by atoms with Crippen LogP contribution in [0.25, 0.3) is 0 Å². The molecule has 5 heteroatoms. The quantitative estimate of drug-likeness (QED) is 0.857. The first-order chi connectivity index (χ1) is 8.01. The van der Waals surface area contributed by atoms with Crippen LogP contribution in [0.3, 0.4) is 0 Å². The van der Waals surface area contributed by atoms with E-state index in [2.05, 4.69) is 0 Å². The smallest absolute Gasteiger partial charge is 0.269 e. The van der Waals surface area contributed by atoms with Crippen molar-refractivity contribution in [2.75, 3.05) is 11.4 Å². The van der Waals surface area contributed by atoms with Gasteiger partial charge < -0.3 is 0 Å². The summed E-state index contributed by atoms with van der Waals surface area (Å²) < 4.78 is 26.2. The Morgan fingerprint density at radius 2 is 1.94 bits per heavy atom. The molecule has 90 valence electrons. The van der Waals surface area contributed by atoms with Crippen molar-refractivity contribution >= 4 is 27.0 Å². The molecule has 1 aromatic carbocycles. The minimum Gasteiger partial charge on any atom is -0.269 e. The lowest BCUT2D eigenvalue weighted by atomic mass is 10.2. The molecule has 2 aromatic rings. The molecule has 17 heavy (non-hydrogen) atoms. The predicted molar refractivity (Wildman–Crippen MR) is 71.1 cm³/mol. The maximum absolute atomic E-state index is 12.2. The van der Waals surface area contributed by atoms with E-state index in [1.165, 1.54) is 15.6 Å². The molecule has 0 aliphatic heterocycles. The van der Waals surface area contributed by atoms with Gasteiger partial charge in [0.2, 0.25) is 0 Å². The fourth-order valence-electron chi connectivity index (χ4n) is 1.51. The average Bonchev–Trinajstić information content (AvgIpc) is 2.82. The van der Waals surface area contributed by atoms with Gasteiger partial charge in [-0.25, -0.2) is 8.42 Å². The standard InChI is InChI=1S/C12H13NO2S2/c1-10-5-3-6-11(9-10)13(2)17(14,15)12-7-4-8-16-12/h3-9H,1-2H3. The van der Waals surface area contributed by atoms with Gasteiger partial charge in [0.1, 0.15) is 4.21 Å². The average molecular weight is 267 g/mol. The van der Waals surface area contributed by atoms with Crippen molar-refractivity contribution in [2.45, 2.75) is 11.1 Å². The van der Waals surface area contributed by atoms with Gasteiger partial charge in [0.15, 0.2) is 0 Å². The lowest BCUT2D eigenvalue weighted by Crippen LogP contribution is -2.25. The Bertz CT molecular complexity index is 603. The van der Waals surface area contributed by atoms with Crippen LogP contribution in [0.1, 0.15) is 5.56 Å². The van der Waals surface area contributed by atoms with Crippen molar-refractivity contribution in [3.05, 3.63) is 47.3 Å². The number of hydrogen-bond donors (Lipinski definition) is 0. The molecular weight excluding hydrogens is 254 g/mol. The molecule has 0 radical (unpaired) electrons. The second-order valence-corrected chi connectivity index (χ2v) is 6.89. The maximum Gasteiger partial charge on any atom is 0.273 e. The van der Waals surface area contributed by atoms with Gasteiger partial charge >= 0.3 is 0 Å². The van der Waals surface area contributed by atoms with Crippen LogP contribution in [0.5, 0.6) is 0 Å². The number of sulfonamides is 1. The molecule has 1 heterocycles. The van der Waals surface area contributed by atoms with Crippen molar-refractivity contribution in [3.8, 4) is 0 Å². The summed E-state index contributed by atoms with van der Waals surface area (Å²) in [5.41, 5.74) is 1.72. The lowest BCUT2D eigenvalue weighted by molar-refractivity contribution is 0.596. The minimum atomic E-state index is -3.41. The van der Waals surface area contributed by atoms with Gasteiger partial charge in [0, 0.05) is 7.05 Å². The number of rotatable bonds is 3. The molecule has 0 N–H and O–H groups in total. The molecular formula is C12H13NO2S2. The van der Waals surface area contributed by atoms with E-state index in [0.29, 0.717) is 9.90 Å². The van der Waals surface area contributed by atoms with E-state index in [-0.39, 0.29) is 0 Å². The van der Waals surface area contributed by atoms with Crippen molar-refractivity contribution in [3.63, 3.8) is 0 Å². The summed E-state index contributed by atoms with van der Waals surface area (Å²) in [5.74, 6) is 0. The molecule has 1 aromatic heterocycles. The topological polar surface area (TPSA) is 37.4 Å². The van der Waals surface area contributed by atoms with E-state index in [0.717, 1.165) is 5.56 Å². The normalized spacial score (nSPS) is 11.4. The fraction of sp³-hybridized carbons (Fsp3) is 0.167. The number of benzene rings is 1. The summed E-state index contributed by atoms with van der Waals surface area (Å²) in [4.78, 5) is 0. The van der Waals surface area contributed by atoms with E-state index < -0.39 is 10.0 Å². The molecule has 0 bridgehead atoms. The maximum atomic E-state index is 12.2. The second kappa shape index (κ2) is 4.50. The highest BCUT2D eigenvalue weighted by Gasteiger charge is 2.21. The zero-order valence-electron chi connectivity index (χ0n) is 9.62. The number of thiophene rings is 1.